The molecule has 0 aliphatic rings. The summed E-state index contributed by atoms with van der Waals surface area (Å²) in [5.41, 5.74) is 2.39. The fraction of sp³-hybridized carbons (Fsp3) is 0.214. The van der Waals surface area contributed by atoms with Crippen LogP contribution in [-0.2, 0) is 0 Å². The third-order valence-electron chi connectivity index (χ3n) is 2.65. The molecule has 0 saturated heterocycles. The highest BCUT2D eigenvalue weighted by atomic mass is 35.5. The van der Waals surface area contributed by atoms with E-state index in [4.69, 9.17) is 11.6 Å². The maximum Gasteiger partial charge on any atom is 0.126 e. The third-order valence-corrected chi connectivity index (χ3v) is 2.90. The summed E-state index contributed by atoms with van der Waals surface area (Å²) in [5, 5.41) is 4.12. The molecular formula is C14H15ClN2. The van der Waals surface area contributed by atoms with Gasteiger partial charge in [0.15, 0.2) is 0 Å². The molecule has 1 heterocycles. The first kappa shape index (κ1) is 11.9. The molecule has 0 saturated carbocycles. The Morgan fingerprint density at radius 3 is 2.53 bits per heavy atom. The SMILES string of the molecule is Cc1ccnc(NC(C)c2ccc(Cl)cc2)c1. The van der Waals surface area contributed by atoms with Crippen molar-refractivity contribution in [3.8, 4) is 0 Å². The van der Waals surface area contributed by atoms with E-state index >= 15 is 0 Å². The van der Waals surface area contributed by atoms with Gasteiger partial charge < -0.3 is 5.32 Å². The summed E-state index contributed by atoms with van der Waals surface area (Å²) >= 11 is 5.86. The van der Waals surface area contributed by atoms with Gasteiger partial charge in [-0.05, 0) is 49.2 Å². The van der Waals surface area contributed by atoms with Crippen LogP contribution in [0.15, 0.2) is 42.6 Å². The lowest BCUT2D eigenvalue weighted by Gasteiger charge is -2.15. The number of halogens is 1. The van der Waals surface area contributed by atoms with Crippen LogP contribution in [0.2, 0.25) is 5.02 Å². The van der Waals surface area contributed by atoms with E-state index in [0.717, 1.165) is 10.8 Å². The number of aromatic nitrogens is 1. The lowest BCUT2D eigenvalue weighted by molar-refractivity contribution is 0.874. The number of anilines is 1. The van der Waals surface area contributed by atoms with Crippen LogP contribution in [-0.4, -0.2) is 4.98 Å². The fourth-order valence-corrected chi connectivity index (χ4v) is 1.80. The van der Waals surface area contributed by atoms with Crippen molar-refractivity contribution < 1.29 is 0 Å². The Bertz CT molecular complexity index is 494. The summed E-state index contributed by atoms with van der Waals surface area (Å²) in [6.07, 6.45) is 1.81. The van der Waals surface area contributed by atoms with Gasteiger partial charge in [-0.25, -0.2) is 4.98 Å². The first-order valence-corrected chi connectivity index (χ1v) is 5.97. The highest BCUT2D eigenvalue weighted by Crippen LogP contribution is 2.20. The molecule has 0 radical (unpaired) electrons. The lowest BCUT2D eigenvalue weighted by Crippen LogP contribution is -2.07. The van der Waals surface area contributed by atoms with Crippen LogP contribution in [0.4, 0.5) is 5.82 Å². The fourth-order valence-electron chi connectivity index (χ4n) is 1.67. The van der Waals surface area contributed by atoms with Gasteiger partial charge in [-0.15, -0.1) is 0 Å². The molecule has 1 N–H and O–H groups in total. The number of pyridine rings is 1. The van der Waals surface area contributed by atoms with Crippen LogP contribution in [0, 0.1) is 6.92 Å². The van der Waals surface area contributed by atoms with Crippen molar-refractivity contribution in [2.75, 3.05) is 5.32 Å². The van der Waals surface area contributed by atoms with Crippen LogP contribution in [0.5, 0.6) is 0 Å². The van der Waals surface area contributed by atoms with Crippen molar-refractivity contribution in [3.05, 3.63) is 58.7 Å². The minimum absolute atomic E-state index is 0.210. The molecular weight excluding hydrogens is 232 g/mol. The molecule has 88 valence electrons. The number of hydrogen-bond acceptors (Lipinski definition) is 2. The average Bonchev–Trinajstić information content (AvgIpc) is 2.29. The maximum atomic E-state index is 5.86. The molecule has 1 unspecified atom stereocenters. The van der Waals surface area contributed by atoms with Gasteiger partial charge in [-0.2, -0.15) is 0 Å². The molecule has 0 aliphatic carbocycles. The number of benzene rings is 1. The number of nitrogens with one attached hydrogen (secondary N) is 1. The monoisotopic (exact) mass is 246 g/mol. The maximum absolute atomic E-state index is 5.86. The average molecular weight is 247 g/mol. The second-order valence-electron chi connectivity index (χ2n) is 4.14. The Balaban J connectivity index is 2.11. The number of hydrogen-bond donors (Lipinski definition) is 1. The van der Waals surface area contributed by atoms with Crippen LogP contribution >= 0.6 is 11.6 Å². The molecule has 1 aromatic heterocycles. The zero-order valence-electron chi connectivity index (χ0n) is 9.94. The quantitative estimate of drug-likeness (QED) is 0.877. The van der Waals surface area contributed by atoms with Crippen molar-refractivity contribution in [1.29, 1.82) is 0 Å². The van der Waals surface area contributed by atoms with Crippen molar-refractivity contribution in [1.82, 2.24) is 4.98 Å². The second-order valence-corrected chi connectivity index (χ2v) is 4.57. The predicted octanol–water partition coefficient (Wildman–Crippen LogP) is 4.22. The van der Waals surface area contributed by atoms with E-state index in [0.29, 0.717) is 0 Å². The van der Waals surface area contributed by atoms with Crippen molar-refractivity contribution >= 4 is 17.4 Å². The zero-order chi connectivity index (χ0) is 12.3. The summed E-state index contributed by atoms with van der Waals surface area (Å²) in [6.45, 7) is 4.16. The normalized spacial score (nSPS) is 12.2. The van der Waals surface area contributed by atoms with Crippen molar-refractivity contribution in [2.24, 2.45) is 0 Å². The second kappa shape index (κ2) is 5.19. The van der Waals surface area contributed by atoms with Gasteiger partial charge in [0, 0.05) is 17.3 Å². The molecule has 0 amide bonds. The molecule has 0 fully saturated rings. The Labute approximate surface area is 107 Å². The summed E-state index contributed by atoms with van der Waals surface area (Å²) in [5.74, 6) is 0.896. The minimum atomic E-state index is 0.210. The van der Waals surface area contributed by atoms with Gasteiger partial charge in [0.1, 0.15) is 5.82 Å². The molecule has 2 nitrogen and oxygen atoms in total. The van der Waals surface area contributed by atoms with Crippen LogP contribution in [0.1, 0.15) is 24.1 Å². The van der Waals surface area contributed by atoms with E-state index in [-0.39, 0.29) is 6.04 Å². The summed E-state index contributed by atoms with van der Waals surface area (Å²) < 4.78 is 0. The summed E-state index contributed by atoms with van der Waals surface area (Å²) in [6, 6.07) is 12.1. The zero-order valence-corrected chi connectivity index (χ0v) is 10.7. The first-order chi connectivity index (χ1) is 8.15. The van der Waals surface area contributed by atoms with Gasteiger partial charge in [-0.1, -0.05) is 23.7 Å². The topological polar surface area (TPSA) is 24.9 Å². The number of rotatable bonds is 3. The molecule has 0 aliphatic heterocycles. The summed E-state index contributed by atoms with van der Waals surface area (Å²) in [4.78, 5) is 4.29. The van der Waals surface area contributed by atoms with Crippen molar-refractivity contribution in [3.63, 3.8) is 0 Å². The summed E-state index contributed by atoms with van der Waals surface area (Å²) in [7, 11) is 0. The Kier molecular flexibility index (Phi) is 3.64. The van der Waals surface area contributed by atoms with Crippen LogP contribution < -0.4 is 5.32 Å². The van der Waals surface area contributed by atoms with Crippen LogP contribution in [0.3, 0.4) is 0 Å². The third kappa shape index (κ3) is 3.21. The van der Waals surface area contributed by atoms with Crippen LogP contribution in [0.25, 0.3) is 0 Å². The van der Waals surface area contributed by atoms with E-state index in [9.17, 15) is 0 Å². The Morgan fingerprint density at radius 2 is 1.88 bits per heavy atom. The van der Waals surface area contributed by atoms with E-state index in [2.05, 4.69) is 24.1 Å². The van der Waals surface area contributed by atoms with Gasteiger partial charge in [-0.3, -0.25) is 0 Å². The molecule has 1 atom stereocenters. The van der Waals surface area contributed by atoms with E-state index < -0.39 is 0 Å². The lowest BCUT2D eigenvalue weighted by atomic mass is 10.1. The first-order valence-electron chi connectivity index (χ1n) is 5.60. The van der Waals surface area contributed by atoms with Gasteiger partial charge >= 0.3 is 0 Å². The largest absolute Gasteiger partial charge is 0.364 e. The van der Waals surface area contributed by atoms with Crippen molar-refractivity contribution in [2.45, 2.75) is 19.9 Å². The molecule has 2 aromatic rings. The highest BCUT2D eigenvalue weighted by molar-refractivity contribution is 6.30. The molecule has 1 aromatic carbocycles. The van der Waals surface area contributed by atoms with Gasteiger partial charge in [0.05, 0.1) is 0 Å². The van der Waals surface area contributed by atoms with Gasteiger partial charge in [0.2, 0.25) is 0 Å². The standard InChI is InChI=1S/C14H15ClN2/c1-10-7-8-16-14(9-10)17-11(2)12-3-5-13(15)6-4-12/h3-9,11H,1-2H3,(H,16,17). The number of aryl methyl sites for hydroxylation is 1. The Morgan fingerprint density at radius 1 is 1.18 bits per heavy atom. The van der Waals surface area contributed by atoms with E-state index in [1.165, 1.54) is 11.1 Å². The Hall–Kier alpha value is -1.54. The molecule has 17 heavy (non-hydrogen) atoms. The smallest absolute Gasteiger partial charge is 0.126 e. The van der Waals surface area contributed by atoms with E-state index in [1.54, 1.807) is 0 Å². The minimum Gasteiger partial charge on any atom is -0.364 e. The highest BCUT2D eigenvalue weighted by Gasteiger charge is 2.05. The predicted molar refractivity (Wildman–Crippen MR) is 72.5 cm³/mol. The molecule has 2 rings (SSSR count). The van der Waals surface area contributed by atoms with Gasteiger partial charge in [0.25, 0.3) is 0 Å². The molecule has 3 heteroatoms. The number of nitrogens with zero attached hydrogens (tertiary/aromatic N) is 1. The molecule has 0 spiro atoms. The molecule has 0 bridgehead atoms. The van der Waals surface area contributed by atoms with E-state index in [1.807, 2.05) is 42.6 Å².